The number of carbonyl (C=O) groups is 2. The summed E-state index contributed by atoms with van der Waals surface area (Å²) < 4.78 is 29.0. The van der Waals surface area contributed by atoms with Gasteiger partial charge in [-0.1, -0.05) is 109 Å². The van der Waals surface area contributed by atoms with Crippen LogP contribution in [0.15, 0.2) is 138 Å². The first-order valence-corrected chi connectivity index (χ1v) is 14.5. The minimum absolute atomic E-state index is 0.0107. The number of hydrogen-bond acceptors (Lipinski definition) is 6. The van der Waals surface area contributed by atoms with Crippen LogP contribution in [-0.4, -0.2) is 40.1 Å². The summed E-state index contributed by atoms with van der Waals surface area (Å²) >= 11 is 0. The van der Waals surface area contributed by atoms with Gasteiger partial charge >= 0.3 is 5.69 Å². The lowest BCUT2D eigenvalue weighted by atomic mass is 9.80. The molecule has 1 N–H and O–H groups in total. The molecule has 5 aromatic rings. The number of halogens is 1. The van der Waals surface area contributed by atoms with E-state index in [9.17, 15) is 14.4 Å². The van der Waals surface area contributed by atoms with E-state index in [1.165, 1.54) is 12.3 Å². The molecular formula is C36H30FN3O5. The van der Waals surface area contributed by atoms with Crippen molar-refractivity contribution in [2.24, 2.45) is 0 Å². The molecular weight excluding hydrogens is 573 g/mol. The number of alkyl halides is 1. The van der Waals surface area contributed by atoms with E-state index in [0.29, 0.717) is 5.56 Å². The zero-order valence-corrected chi connectivity index (χ0v) is 24.2. The van der Waals surface area contributed by atoms with E-state index < -0.39 is 41.5 Å². The molecule has 9 heteroatoms. The maximum absolute atomic E-state index is 15.2. The number of benzene rings is 4. The molecule has 0 bridgehead atoms. The average Bonchev–Trinajstić information content (AvgIpc) is 3.08. The Morgan fingerprint density at radius 1 is 0.822 bits per heavy atom. The summed E-state index contributed by atoms with van der Waals surface area (Å²) in [6.07, 6.45) is -3.29. The maximum Gasteiger partial charge on any atom is 0.352 e. The molecule has 3 atom stereocenters. The minimum atomic E-state index is -1.89. The molecule has 1 aliphatic rings. The van der Waals surface area contributed by atoms with Crippen LogP contribution in [-0.2, 0) is 19.9 Å². The zero-order valence-electron chi connectivity index (χ0n) is 24.2. The van der Waals surface area contributed by atoms with E-state index in [-0.39, 0.29) is 18.8 Å². The molecule has 1 saturated heterocycles. The predicted molar refractivity (Wildman–Crippen MR) is 166 cm³/mol. The number of nitrogens with zero attached hydrogens (tertiary/aromatic N) is 2. The van der Waals surface area contributed by atoms with Gasteiger partial charge in [0.15, 0.2) is 6.17 Å². The first-order chi connectivity index (χ1) is 22.0. The van der Waals surface area contributed by atoms with Crippen molar-refractivity contribution in [1.29, 1.82) is 0 Å². The van der Waals surface area contributed by atoms with Crippen molar-refractivity contribution in [1.82, 2.24) is 9.55 Å². The van der Waals surface area contributed by atoms with Gasteiger partial charge in [0.05, 0.1) is 12.7 Å². The van der Waals surface area contributed by atoms with Crippen LogP contribution in [0.1, 0.15) is 39.7 Å². The number of ether oxygens (including phenoxy) is 2. The van der Waals surface area contributed by atoms with Crippen molar-refractivity contribution in [3.8, 4) is 0 Å². The van der Waals surface area contributed by atoms with Crippen molar-refractivity contribution < 1.29 is 23.5 Å². The minimum Gasteiger partial charge on any atom is -0.358 e. The Hall–Kier alpha value is -5.25. The number of anilines is 1. The number of hydrogen-bond donors (Lipinski definition) is 1. The summed E-state index contributed by atoms with van der Waals surface area (Å²) in [7, 11) is 0. The molecule has 2 heterocycles. The Labute approximate surface area is 259 Å². The molecule has 0 radical (unpaired) electrons. The molecule has 8 nitrogen and oxygen atoms in total. The Kier molecular flexibility index (Phi) is 8.72. The van der Waals surface area contributed by atoms with Crippen LogP contribution in [0.25, 0.3) is 0 Å². The largest absolute Gasteiger partial charge is 0.358 e. The fraction of sp³-hybridized carbons (Fsp3) is 0.167. The number of rotatable bonds is 9. The van der Waals surface area contributed by atoms with Crippen molar-refractivity contribution >= 4 is 17.5 Å². The van der Waals surface area contributed by atoms with Gasteiger partial charge in [-0.2, -0.15) is 4.98 Å². The molecule has 1 aromatic heterocycles. The lowest BCUT2D eigenvalue weighted by Crippen LogP contribution is -2.46. The highest BCUT2D eigenvalue weighted by molar-refractivity contribution is 6.03. The SMILES string of the molecule is O=C(Nc1ccn([C@@H]2O[C@H](COC(c3ccccc3)(c3ccccc3)c3ccccc3)C[C@H](F)C2=O)c(=O)n1)c1ccccc1. The average molecular weight is 604 g/mol. The van der Waals surface area contributed by atoms with Crippen molar-refractivity contribution in [2.45, 2.75) is 30.5 Å². The van der Waals surface area contributed by atoms with E-state index in [1.54, 1.807) is 30.3 Å². The van der Waals surface area contributed by atoms with Gasteiger partial charge < -0.3 is 14.8 Å². The van der Waals surface area contributed by atoms with Crippen LogP contribution in [0.4, 0.5) is 10.2 Å². The van der Waals surface area contributed by atoms with Crippen LogP contribution in [0, 0.1) is 0 Å². The van der Waals surface area contributed by atoms with Gasteiger partial charge in [-0.3, -0.25) is 14.2 Å². The summed E-state index contributed by atoms with van der Waals surface area (Å²) in [5.74, 6) is -1.36. The molecule has 0 unspecified atom stereocenters. The summed E-state index contributed by atoms with van der Waals surface area (Å²) in [5.41, 5.74) is 1.01. The number of aromatic nitrogens is 2. The summed E-state index contributed by atoms with van der Waals surface area (Å²) in [5, 5.41) is 2.56. The second-order valence-corrected chi connectivity index (χ2v) is 10.6. The zero-order chi connectivity index (χ0) is 31.2. The van der Waals surface area contributed by atoms with Gasteiger partial charge in [-0.05, 0) is 34.9 Å². The number of ketones is 1. The number of nitrogens with one attached hydrogen (secondary N) is 1. The Morgan fingerprint density at radius 3 is 1.84 bits per heavy atom. The van der Waals surface area contributed by atoms with E-state index in [1.807, 2.05) is 91.0 Å². The van der Waals surface area contributed by atoms with Crippen LogP contribution in [0.3, 0.4) is 0 Å². The quantitative estimate of drug-likeness (QED) is 0.217. The first kappa shape index (κ1) is 29.8. The van der Waals surface area contributed by atoms with Crippen LogP contribution in [0.5, 0.6) is 0 Å². The molecule has 1 fully saturated rings. The van der Waals surface area contributed by atoms with Gasteiger partial charge in [0.1, 0.15) is 11.4 Å². The molecule has 226 valence electrons. The van der Waals surface area contributed by atoms with Gasteiger partial charge in [0.2, 0.25) is 12.0 Å². The fourth-order valence-corrected chi connectivity index (χ4v) is 5.54. The molecule has 6 rings (SSSR count). The highest BCUT2D eigenvalue weighted by Crippen LogP contribution is 2.41. The molecule has 1 amide bonds. The Bertz CT molecular complexity index is 1720. The van der Waals surface area contributed by atoms with E-state index >= 15 is 4.39 Å². The third-order valence-electron chi connectivity index (χ3n) is 7.73. The number of Topliss-reactive ketones (excluding diaryl/α,β-unsaturated/α-hetero) is 1. The van der Waals surface area contributed by atoms with E-state index in [4.69, 9.17) is 9.47 Å². The Balaban J connectivity index is 1.27. The monoisotopic (exact) mass is 603 g/mol. The fourth-order valence-electron chi connectivity index (χ4n) is 5.54. The molecule has 0 saturated carbocycles. The highest BCUT2D eigenvalue weighted by atomic mass is 19.1. The first-order valence-electron chi connectivity index (χ1n) is 14.5. The summed E-state index contributed by atoms with van der Waals surface area (Å²) in [6.45, 7) is -0.0870. The number of carbonyl (C=O) groups excluding carboxylic acids is 2. The van der Waals surface area contributed by atoms with Gasteiger partial charge in [-0.15, -0.1) is 0 Å². The van der Waals surface area contributed by atoms with Crippen molar-refractivity contribution in [2.75, 3.05) is 11.9 Å². The van der Waals surface area contributed by atoms with Crippen molar-refractivity contribution in [3.63, 3.8) is 0 Å². The van der Waals surface area contributed by atoms with Crippen molar-refractivity contribution in [3.05, 3.63) is 166 Å². The third-order valence-corrected chi connectivity index (χ3v) is 7.73. The molecule has 45 heavy (non-hydrogen) atoms. The maximum atomic E-state index is 15.2. The summed E-state index contributed by atoms with van der Waals surface area (Å²) in [6, 6.07) is 38.9. The van der Waals surface area contributed by atoms with E-state index in [0.717, 1.165) is 21.3 Å². The molecule has 1 aliphatic heterocycles. The van der Waals surface area contributed by atoms with Crippen LogP contribution < -0.4 is 11.0 Å². The summed E-state index contributed by atoms with van der Waals surface area (Å²) in [4.78, 5) is 42.3. The van der Waals surface area contributed by atoms with Crippen LogP contribution in [0.2, 0.25) is 0 Å². The molecule has 4 aromatic carbocycles. The van der Waals surface area contributed by atoms with Crippen LogP contribution >= 0.6 is 0 Å². The third kappa shape index (κ3) is 6.22. The van der Waals surface area contributed by atoms with E-state index in [2.05, 4.69) is 10.3 Å². The smallest absolute Gasteiger partial charge is 0.352 e. The lowest BCUT2D eigenvalue weighted by molar-refractivity contribution is -0.173. The second-order valence-electron chi connectivity index (χ2n) is 10.6. The standard InChI is InChI=1S/C36H30FN3O5/c37-30-23-29(45-34(32(30)41)40-22-21-31(39-35(40)43)38-33(42)25-13-5-1-6-14-25)24-44-36(26-15-7-2-8-16-26,27-17-9-3-10-18-27)28-19-11-4-12-20-28/h1-22,29-30,34H,23-24H2,(H,38,39,42,43)/t29-,30-,34+/m0/s1. The lowest BCUT2D eigenvalue weighted by Gasteiger charge is -2.38. The highest BCUT2D eigenvalue weighted by Gasteiger charge is 2.42. The van der Waals surface area contributed by atoms with Gasteiger partial charge in [0.25, 0.3) is 5.91 Å². The topological polar surface area (TPSA) is 99.5 Å². The normalized spacial score (nSPS) is 18.3. The second kappa shape index (κ2) is 13.2. The molecule has 0 aliphatic carbocycles. The van der Waals surface area contributed by atoms with Gasteiger partial charge in [-0.25, -0.2) is 9.18 Å². The van der Waals surface area contributed by atoms with Gasteiger partial charge in [0, 0.05) is 18.2 Å². The Morgan fingerprint density at radius 2 is 1.33 bits per heavy atom. The molecule has 0 spiro atoms. The number of amides is 1. The predicted octanol–water partition coefficient (Wildman–Crippen LogP) is 5.70.